The number of hydrogen-bond acceptors (Lipinski definition) is 5. The second-order valence-corrected chi connectivity index (χ2v) is 4.73. The molecule has 0 saturated heterocycles. The van der Waals surface area contributed by atoms with Gasteiger partial charge in [-0.15, -0.1) is 24.0 Å². The van der Waals surface area contributed by atoms with Crippen molar-refractivity contribution in [3.63, 3.8) is 0 Å². The van der Waals surface area contributed by atoms with E-state index in [2.05, 4.69) is 32.7 Å². The number of ether oxygens (including phenoxy) is 1. The van der Waals surface area contributed by atoms with Crippen LogP contribution in [0, 0.1) is 6.92 Å². The number of hydrogen-bond donors (Lipinski definition) is 2. The summed E-state index contributed by atoms with van der Waals surface area (Å²) >= 11 is 0. The van der Waals surface area contributed by atoms with Crippen LogP contribution >= 0.6 is 24.0 Å². The third kappa shape index (κ3) is 9.93. The summed E-state index contributed by atoms with van der Waals surface area (Å²) in [5, 5.41) is 10.2. The molecule has 2 N–H and O–H groups in total. The molecule has 0 radical (unpaired) electrons. The Kier molecular flexibility index (Phi) is 13.2. The molecule has 0 aliphatic rings. The normalized spacial score (nSPS) is 11.1. The fourth-order valence-corrected chi connectivity index (χ4v) is 1.68. The van der Waals surface area contributed by atoms with Crippen molar-refractivity contribution < 1.29 is 9.26 Å². The van der Waals surface area contributed by atoms with Gasteiger partial charge in [0.25, 0.3) is 0 Å². The lowest BCUT2D eigenvalue weighted by Gasteiger charge is -2.11. The summed E-state index contributed by atoms with van der Waals surface area (Å²) < 4.78 is 10.5. The molecule has 1 rings (SSSR count). The summed E-state index contributed by atoms with van der Waals surface area (Å²) in [4.78, 5) is 8.31. The first-order chi connectivity index (χ1) is 10.3. The highest BCUT2D eigenvalue weighted by atomic mass is 127. The highest BCUT2D eigenvalue weighted by Gasteiger charge is 2.03. The summed E-state index contributed by atoms with van der Waals surface area (Å²) in [6.07, 6.45) is 3.95. The van der Waals surface area contributed by atoms with Gasteiger partial charge in [0.05, 0.1) is 0 Å². The lowest BCUT2D eigenvalue weighted by atomic mass is 10.4. The lowest BCUT2D eigenvalue weighted by Crippen LogP contribution is -2.39. The van der Waals surface area contributed by atoms with Crippen LogP contribution < -0.4 is 10.6 Å². The minimum Gasteiger partial charge on any atom is -0.381 e. The van der Waals surface area contributed by atoms with Crippen molar-refractivity contribution in [2.75, 3.05) is 33.4 Å². The van der Waals surface area contributed by atoms with E-state index in [9.17, 15) is 0 Å². The Bertz CT molecular complexity index is 412. The maximum Gasteiger partial charge on any atom is 0.228 e. The zero-order chi connectivity index (χ0) is 15.3. The molecule has 1 heterocycles. The summed E-state index contributed by atoms with van der Waals surface area (Å²) in [6, 6.07) is 0. The second-order valence-electron chi connectivity index (χ2n) is 4.73. The standard InChI is InChI=1S/C14H27N5O2.HI/c1-4-5-10-20-11-6-8-16-14(15-3)17-9-7-13-18-12(2)19-21-13;/h4-11H2,1-3H3,(H2,15,16,17);1H. The van der Waals surface area contributed by atoms with Crippen molar-refractivity contribution in [1.29, 1.82) is 0 Å². The van der Waals surface area contributed by atoms with Gasteiger partial charge in [-0.05, 0) is 19.8 Å². The predicted molar refractivity (Wildman–Crippen MR) is 97.9 cm³/mol. The molecule has 22 heavy (non-hydrogen) atoms. The Morgan fingerprint density at radius 3 is 2.59 bits per heavy atom. The van der Waals surface area contributed by atoms with Gasteiger partial charge in [0.1, 0.15) is 0 Å². The zero-order valence-electron chi connectivity index (χ0n) is 13.7. The fraction of sp³-hybridized carbons (Fsp3) is 0.786. The lowest BCUT2D eigenvalue weighted by molar-refractivity contribution is 0.129. The van der Waals surface area contributed by atoms with Crippen LogP contribution in [0.3, 0.4) is 0 Å². The topological polar surface area (TPSA) is 84.6 Å². The van der Waals surface area contributed by atoms with Gasteiger partial charge in [-0.1, -0.05) is 18.5 Å². The molecule has 0 aromatic carbocycles. The van der Waals surface area contributed by atoms with Crippen LogP contribution in [-0.2, 0) is 11.2 Å². The van der Waals surface area contributed by atoms with Gasteiger partial charge >= 0.3 is 0 Å². The van der Waals surface area contributed by atoms with Gasteiger partial charge in [-0.2, -0.15) is 4.98 Å². The number of aliphatic imine (C=N–C) groups is 1. The number of aromatic nitrogens is 2. The number of aryl methyl sites for hydroxylation is 1. The van der Waals surface area contributed by atoms with Crippen LogP contribution in [0.1, 0.15) is 37.9 Å². The molecule has 1 aromatic rings. The first-order valence-electron chi connectivity index (χ1n) is 7.57. The van der Waals surface area contributed by atoms with Crippen molar-refractivity contribution in [2.45, 2.75) is 39.5 Å². The van der Waals surface area contributed by atoms with Crippen molar-refractivity contribution in [1.82, 2.24) is 20.8 Å². The number of rotatable bonds is 10. The molecule has 128 valence electrons. The van der Waals surface area contributed by atoms with E-state index in [1.807, 2.05) is 6.92 Å². The maximum absolute atomic E-state index is 5.50. The van der Waals surface area contributed by atoms with Gasteiger partial charge in [0.2, 0.25) is 5.89 Å². The Labute approximate surface area is 149 Å². The number of nitrogens with zero attached hydrogens (tertiary/aromatic N) is 3. The molecule has 0 saturated carbocycles. The number of halogens is 1. The third-order valence-corrected chi connectivity index (χ3v) is 2.82. The van der Waals surface area contributed by atoms with E-state index in [4.69, 9.17) is 9.26 Å². The van der Waals surface area contributed by atoms with Crippen LogP contribution in [0.4, 0.5) is 0 Å². The summed E-state index contributed by atoms with van der Waals surface area (Å²) in [5.74, 6) is 2.08. The van der Waals surface area contributed by atoms with Crippen molar-refractivity contribution in [2.24, 2.45) is 4.99 Å². The average molecular weight is 425 g/mol. The summed E-state index contributed by atoms with van der Waals surface area (Å²) in [5.41, 5.74) is 0. The van der Waals surface area contributed by atoms with E-state index in [-0.39, 0.29) is 24.0 Å². The van der Waals surface area contributed by atoms with Crippen LogP contribution in [-0.4, -0.2) is 49.5 Å². The van der Waals surface area contributed by atoms with Crippen molar-refractivity contribution >= 4 is 29.9 Å². The van der Waals surface area contributed by atoms with Gasteiger partial charge < -0.3 is 19.9 Å². The monoisotopic (exact) mass is 425 g/mol. The van der Waals surface area contributed by atoms with Gasteiger partial charge in [0, 0.05) is 39.8 Å². The molecular formula is C14H28IN5O2. The van der Waals surface area contributed by atoms with E-state index >= 15 is 0 Å². The number of guanidine groups is 1. The van der Waals surface area contributed by atoms with Crippen molar-refractivity contribution in [3.8, 4) is 0 Å². The van der Waals surface area contributed by atoms with Gasteiger partial charge in [-0.25, -0.2) is 0 Å². The molecule has 0 fully saturated rings. The molecule has 0 unspecified atom stereocenters. The van der Waals surface area contributed by atoms with E-state index in [1.54, 1.807) is 7.05 Å². The Morgan fingerprint density at radius 2 is 1.95 bits per heavy atom. The summed E-state index contributed by atoms with van der Waals surface area (Å²) in [6.45, 7) is 7.15. The van der Waals surface area contributed by atoms with Gasteiger partial charge in [-0.3, -0.25) is 4.99 Å². The van der Waals surface area contributed by atoms with E-state index in [0.29, 0.717) is 24.7 Å². The van der Waals surface area contributed by atoms with E-state index in [1.165, 1.54) is 6.42 Å². The highest BCUT2D eigenvalue weighted by Crippen LogP contribution is 1.95. The fourth-order valence-electron chi connectivity index (χ4n) is 1.68. The Morgan fingerprint density at radius 1 is 1.23 bits per heavy atom. The molecule has 7 nitrogen and oxygen atoms in total. The first kappa shape index (κ1) is 21.1. The van der Waals surface area contributed by atoms with Crippen molar-refractivity contribution in [3.05, 3.63) is 11.7 Å². The zero-order valence-corrected chi connectivity index (χ0v) is 16.1. The highest BCUT2D eigenvalue weighted by molar-refractivity contribution is 14.0. The van der Waals surface area contributed by atoms with Crippen LogP contribution in [0.2, 0.25) is 0 Å². The average Bonchev–Trinajstić information content (AvgIpc) is 2.90. The van der Waals surface area contributed by atoms with Gasteiger partial charge in [0.15, 0.2) is 11.8 Å². The SMILES string of the molecule is CCCCOCCCNC(=NC)NCCc1nc(C)no1.I. The minimum absolute atomic E-state index is 0. The molecule has 0 atom stereocenters. The van der Waals surface area contributed by atoms with E-state index in [0.717, 1.165) is 38.6 Å². The predicted octanol–water partition coefficient (Wildman–Crippen LogP) is 1.91. The van der Waals surface area contributed by atoms with Crippen LogP contribution in [0.25, 0.3) is 0 Å². The second kappa shape index (κ2) is 13.7. The maximum atomic E-state index is 5.50. The molecule has 0 spiro atoms. The molecular weight excluding hydrogens is 397 g/mol. The molecule has 0 amide bonds. The smallest absolute Gasteiger partial charge is 0.228 e. The number of unbranched alkanes of at least 4 members (excludes halogenated alkanes) is 1. The first-order valence-corrected chi connectivity index (χ1v) is 7.57. The third-order valence-electron chi connectivity index (χ3n) is 2.82. The minimum atomic E-state index is 0. The largest absolute Gasteiger partial charge is 0.381 e. The Hall–Kier alpha value is -0.900. The molecule has 0 aliphatic heterocycles. The molecule has 1 aromatic heterocycles. The molecule has 8 heteroatoms. The molecule has 0 aliphatic carbocycles. The van der Waals surface area contributed by atoms with E-state index < -0.39 is 0 Å². The molecule has 0 bridgehead atoms. The number of nitrogens with one attached hydrogen (secondary N) is 2. The summed E-state index contributed by atoms with van der Waals surface area (Å²) in [7, 11) is 1.75. The quantitative estimate of drug-likeness (QED) is 0.258. The Balaban J connectivity index is 0.00000441. The van der Waals surface area contributed by atoms with Crippen LogP contribution in [0.5, 0.6) is 0 Å². The van der Waals surface area contributed by atoms with Crippen LogP contribution in [0.15, 0.2) is 9.52 Å².